The van der Waals surface area contributed by atoms with Crippen LogP contribution in [0, 0.1) is 5.82 Å². The van der Waals surface area contributed by atoms with Crippen LogP contribution in [0.4, 0.5) is 4.39 Å². The predicted octanol–water partition coefficient (Wildman–Crippen LogP) is 3.67. The summed E-state index contributed by atoms with van der Waals surface area (Å²) in [7, 11) is -1.59. The van der Waals surface area contributed by atoms with E-state index >= 15 is 0 Å². The van der Waals surface area contributed by atoms with Crippen molar-refractivity contribution >= 4 is 27.4 Å². The summed E-state index contributed by atoms with van der Waals surface area (Å²) in [6.07, 6.45) is 1.16. The maximum absolute atomic E-state index is 13.7. The van der Waals surface area contributed by atoms with E-state index in [9.17, 15) is 12.8 Å². The number of rotatable bonds is 7. The lowest BCUT2D eigenvalue weighted by molar-refractivity contribution is 0.508. The largest absolute Gasteiger partial charge is 0.356 e. The summed E-state index contributed by atoms with van der Waals surface area (Å²) in [5.41, 5.74) is 1.90. The molecule has 158 valence electrons. The third-order valence-corrected chi connectivity index (χ3v) is 5.72. The van der Waals surface area contributed by atoms with Crippen LogP contribution in [0.5, 0.6) is 0 Å². The molecule has 0 spiro atoms. The van der Waals surface area contributed by atoms with E-state index in [1.54, 1.807) is 7.05 Å². The second kappa shape index (κ2) is 9.59. The second-order valence-electron chi connectivity index (χ2n) is 7.63. The summed E-state index contributed by atoms with van der Waals surface area (Å²) in [5, 5.41) is 7.08. The molecule has 2 aromatic carbocycles. The van der Waals surface area contributed by atoms with Crippen molar-refractivity contribution in [3.8, 4) is 0 Å². The molecule has 0 aliphatic carbocycles. The van der Waals surface area contributed by atoms with Gasteiger partial charge in [-0.05, 0) is 34.9 Å². The summed E-state index contributed by atoms with van der Waals surface area (Å²) in [5.74, 6) is -0.0305. The molecule has 0 saturated heterocycles. The first-order valence-corrected chi connectivity index (χ1v) is 11.6. The average molecular weight is 440 g/mol. The number of hydrogen-bond donors (Lipinski definition) is 2. The summed E-state index contributed by atoms with van der Waals surface area (Å²) >= 11 is 6.33. The van der Waals surface area contributed by atoms with E-state index < -0.39 is 15.7 Å². The maximum atomic E-state index is 13.7. The molecule has 0 amide bonds. The Morgan fingerprint density at radius 1 is 1.14 bits per heavy atom. The van der Waals surface area contributed by atoms with Crippen molar-refractivity contribution in [1.82, 2.24) is 10.6 Å². The van der Waals surface area contributed by atoms with Gasteiger partial charge in [-0.1, -0.05) is 49.7 Å². The maximum Gasteiger partial charge on any atom is 0.191 e. The number of halogens is 2. The predicted molar refractivity (Wildman–Crippen MR) is 118 cm³/mol. The van der Waals surface area contributed by atoms with Gasteiger partial charge in [0.15, 0.2) is 15.8 Å². The van der Waals surface area contributed by atoms with E-state index in [4.69, 9.17) is 11.6 Å². The molecule has 0 atom stereocenters. The third-order valence-electron chi connectivity index (χ3n) is 4.56. The van der Waals surface area contributed by atoms with Crippen molar-refractivity contribution in [3.05, 3.63) is 70.0 Å². The molecular formula is C21H27ClFN3O2S. The van der Waals surface area contributed by atoms with E-state index in [0.717, 1.165) is 11.8 Å². The van der Waals surface area contributed by atoms with E-state index in [-0.39, 0.29) is 17.7 Å². The first-order valence-electron chi connectivity index (χ1n) is 9.16. The van der Waals surface area contributed by atoms with Crippen molar-refractivity contribution in [1.29, 1.82) is 0 Å². The molecule has 0 aromatic heterocycles. The molecular weight excluding hydrogens is 413 g/mol. The summed E-state index contributed by atoms with van der Waals surface area (Å²) in [6.45, 7) is 4.96. The highest BCUT2D eigenvalue weighted by Crippen LogP contribution is 2.29. The lowest BCUT2D eigenvalue weighted by Crippen LogP contribution is -2.43. The second-order valence-corrected chi connectivity index (χ2v) is 10.2. The van der Waals surface area contributed by atoms with Crippen LogP contribution < -0.4 is 10.6 Å². The number of guanidine groups is 1. The van der Waals surface area contributed by atoms with Crippen molar-refractivity contribution < 1.29 is 12.8 Å². The molecule has 2 aromatic rings. The van der Waals surface area contributed by atoms with Gasteiger partial charge in [0.05, 0.1) is 5.75 Å². The molecule has 5 nitrogen and oxygen atoms in total. The van der Waals surface area contributed by atoms with Crippen molar-refractivity contribution in [2.45, 2.75) is 31.6 Å². The highest BCUT2D eigenvalue weighted by atomic mass is 35.5. The van der Waals surface area contributed by atoms with Gasteiger partial charge in [0.1, 0.15) is 5.82 Å². The molecule has 0 bridgehead atoms. The zero-order valence-corrected chi connectivity index (χ0v) is 18.7. The van der Waals surface area contributed by atoms with Crippen LogP contribution in [0.25, 0.3) is 0 Å². The van der Waals surface area contributed by atoms with E-state index in [1.807, 2.05) is 24.3 Å². The summed E-state index contributed by atoms with van der Waals surface area (Å²) in [6, 6.07) is 11.8. The summed E-state index contributed by atoms with van der Waals surface area (Å²) in [4.78, 5) is 4.20. The van der Waals surface area contributed by atoms with Crippen molar-refractivity contribution in [2.24, 2.45) is 4.99 Å². The Hall–Kier alpha value is -2.12. The highest BCUT2D eigenvalue weighted by Gasteiger charge is 2.23. The number of nitrogens with zero attached hydrogens (tertiary/aromatic N) is 1. The average Bonchev–Trinajstić information content (AvgIpc) is 2.63. The highest BCUT2D eigenvalue weighted by molar-refractivity contribution is 7.89. The molecule has 8 heteroatoms. The fourth-order valence-electron chi connectivity index (χ4n) is 2.99. The summed E-state index contributed by atoms with van der Waals surface area (Å²) < 4.78 is 37.0. The Balaban J connectivity index is 2.07. The van der Waals surface area contributed by atoms with Gasteiger partial charge in [0.2, 0.25) is 0 Å². The molecule has 0 unspecified atom stereocenters. The molecule has 0 aliphatic heterocycles. The molecule has 0 radical (unpaired) electrons. The SMILES string of the molecule is CN=C(NCc1cc(F)ccc1CS(C)(=O)=O)NCC(C)(C)c1ccccc1Cl. The molecule has 2 rings (SSSR count). The minimum atomic E-state index is -3.23. The first-order chi connectivity index (χ1) is 13.5. The van der Waals surface area contributed by atoms with Crippen LogP contribution in [0.15, 0.2) is 47.5 Å². The van der Waals surface area contributed by atoms with Gasteiger partial charge >= 0.3 is 0 Å². The fraction of sp³-hybridized carbons (Fsp3) is 0.381. The van der Waals surface area contributed by atoms with Crippen molar-refractivity contribution in [3.63, 3.8) is 0 Å². The standard InChI is InChI=1S/C21H27ClFN3O2S/c1-21(2,18-7-5-6-8-19(18)22)14-26-20(24-3)25-12-16-11-17(23)10-9-15(16)13-29(4,27)28/h5-11H,12-14H2,1-4H3,(H2,24,25,26). The Labute approximate surface area is 177 Å². The lowest BCUT2D eigenvalue weighted by atomic mass is 9.84. The molecule has 0 saturated carbocycles. The zero-order valence-electron chi connectivity index (χ0n) is 17.1. The van der Waals surface area contributed by atoms with Crippen LogP contribution in [0.3, 0.4) is 0 Å². The minimum Gasteiger partial charge on any atom is -0.356 e. The smallest absolute Gasteiger partial charge is 0.191 e. The van der Waals surface area contributed by atoms with Crippen LogP contribution in [0.2, 0.25) is 5.02 Å². The monoisotopic (exact) mass is 439 g/mol. The van der Waals surface area contributed by atoms with E-state index in [0.29, 0.717) is 28.7 Å². The van der Waals surface area contributed by atoms with Gasteiger partial charge in [-0.15, -0.1) is 0 Å². The van der Waals surface area contributed by atoms with Crippen LogP contribution >= 0.6 is 11.6 Å². The lowest BCUT2D eigenvalue weighted by Gasteiger charge is -2.27. The van der Waals surface area contributed by atoms with Gasteiger partial charge in [0, 0.05) is 36.8 Å². The molecule has 0 heterocycles. The Morgan fingerprint density at radius 3 is 2.45 bits per heavy atom. The number of aliphatic imine (C=N–C) groups is 1. The van der Waals surface area contributed by atoms with Crippen molar-refractivity contribution in [2.75, 3.05) is 19.8 Å². The Kier molecular flexibility index (Phi) is 7.66. The normalized spacial score (nSPS) is 12.7. The zero-order chi connectivity index (χ0) is 21.7. The van der Waals surface area contributed by atoms with Gasteiger partial charge in [-0.2, -0.15) is 0 Å². The Morgan fingerprint density at radius 2 is 1.83 bits per heavy atom. The molecule has 2 N–H and O–H groups in total. The van der Waals surface area contributed by atoms with Crippen LogP contribution in [-0.4, -0.2) is 34.2 Å². The molecule has 0 fully saturated rings. The quantitative estimate of drug-likeness (QED) is 0.510. The first kappa shape index (κ1) is 23.2. The van der Waals surface area contributed by atoms with Crippen LogP contribution in [-0.2, 0) is 27.5 Å². The fourth-order valence-corrected chi connectivity index (χ4v) is 4.23. The number of nitrogens with one attached hydrogen (secondary N) is 2. The minimum absolute atomic E-state index is 0.143. The molecule has 0 aliphatic rings. The van der Waals surface area contributed by atoms with Gasteiger partial charge in [0.25, 0.3) is 0 Å². The van der Waals surface area contributed by atoms with E-state index in [1.165, 1.54) is 18.2 Å². The van der Waals surface area contributed by atoms with Gasteiger partial charge in [-0.25, -0.2) is 12.8 Å². The Bertz CT molecular complexity index is 991. The van der Waals surface area contributed by atoms with Gasteiger partial charge < -0.3 is 10.6 Å². The number of hydrogen-bond acceptors (Lipinski definition) is 3. The van der Waals surface area contributed by atoms with E-state index in [2.05, 4.69) is 29.5 Å². The number of sulfone groups is 1. The van der Waals surface area contributed by atoms with Gasteiger partial charge in [-0.3, -0.25) is 4.99 Å². The number of benzene rings is 2. The topological polar surface area (TPSA) is 70.6 Å². The van der Waals surface area contributed by atoms with Crippen LogP contribution in [0.1, 0.15) is 30.5 Å². The molecule has 29 heavy (non-hydrogen) atoms. The third kappa shape index (κ3) is 7.01.